The molecule has 0 atom stereocenters. The standard InChI is InChI=1S/C25H16FN5/c26-17-7-4-15(5-8-17)18-10-12-28-25-19(18)14-23(29-25)24-20-13-16(6-9-22(20)30-31-24)21-3-1-2-11-27-21/h1-14H,(H,28,29)(H,30,31). The number of hydrogen-bond acceptors (Lipinski definition) is 3. The van der Waals surface area contributed by atoms with Crippen LogP contribution in [0.25, 0.3) is 55.7 Å². The first-order valence-electron chi connectivity index (χ1n) is 9.90. The summed E-state index contributed by atoms with van der Waals surface area (Å²) in [7, 11) is 0. The molecule has 148 valence electrons. The summed E-state index contributed by atoms with van der Waals surface area (Å²) in [5, 5.41) is 9.62. The highest BCUT2D eigenvalue weighted by molar-refractivity contribution is 6.00. The fraction of sp³-hybridized carbons (Fsp3) is 0. The molecule has 2 N–H and O–H groups in total. The number of nitrogens with zero attached hydrogens (tertiary/aromatic N) is 3. The fourth-order valence-electron chi connectivity index (χ4n) is 3.95. The van der Waals surface area contributed by atoms with Crippen LogP contribution in [0.1, 0.15) is 0 Å². The maximum Gasteiger partial charge on any atom is 0.138 e. The molecule has 0 fully saturated rings. The lowest BCUT2D eigenvalue weighted by Gasteiger charge is -2.02. The van der Waals surface area contributed by atoms with E-state index in [2.05, 4.69) is 31.2 Å². The van der Waals surface area contributed by atoms with E-state index in [9.17, 15) is 4.39 Å². The molecule has 2 aromatic carbocycles. The zero-order chi connectivity index (χ0) is 20.8. The molecular formula is C25H16FN5. The van der Waals surface area contributed by atoms with Gasteiger partial charge in [-0.1, -0.05) is 24.3 Å². The molecule has 0 aliphatic carbocycles. The Hall–Kier alpha value is -4.32. The number of H-pyrrole nitrogens is 2. The van der Waals surface area contributed by atoms with Gasteiger partial charge in [-0.25, -0.2) is 9.37 Å². The van der Waals surface area contributed by atoms with Crippen molar-refractivity contribution in [3.8, 4) is 33.8 Å². The molecule has 4 aromatic heterocycles. The van der Waals surface area contributed by atoms with Crippen molar-refractivity contribution >= 4 is 21.9 Å². The van der Waals surface area contributed by atoms with E-state index >= 15 is 0 Å². The molecule has 0 saturated carbocycles. The van der Waals surface area contributed by atoms with Gasteiger partial charge in [0.1, 0.15) is 17.2 Å². The van der Waals surface area contributed by atoms with E-state index in [1.165, 1.54) is 12.1 Å². The van der Waals surface area contributed by atoms with E-state index in [4.69, 9.17) is 0 Å². The number of pyridine rings is 2. The molecule has 0 saturated heterocycles. The van der Waals surface area contributed by atoms with Crippen LogP contribution >= 0.6 is 0 Å². The van der Waals surface area contributed by atoms with Gasteiger partial charge in [0, 0.05) is 28.7 Å². The van der Waals surface area contributed by atoms with Gasteiger partial charge in [0.2, 0.25) is 0 Å². The van der Waals surface area contributed by atoms with E-state index in [0.717, 1.165) is 55.7 Å². The van der Waals surface area contributed by atoms with Crippen LogP contribution in [-0.4, -0.2) is 25.1 Å². The monoisotopic (exact) mass is 405 g/mol. The van der Waals surface area contributed by atoms with Crippen LogP contribution in [-0.2, 0) is 0 Å². The number of aromatic amines is 2. The zero-order valence-electron chi connectivity index (χ0n) is 16.3. The van der Waals surface area contributed by atoms with Gasteiger partial charge in [-0.3, -0.25) is 10.1 Å². The van der Waals surface area contributed by atoms with Crippen LogP contribution in [0.15, 0.2) is 85.2 Å². The minimum Gasteiger partial charge on any atom is -0.338 e. The van der Waals surface area contributed by atoms with E-state index in [-0.39, 0.29) is 5.82 Å². The van der Waals surface area contributed by atoms with Gasteiger partial charge < -0.3 is 4.98 Å². The Bertz CT molecular complexity index is 1530. The number of hydrogen-bond donors (Lipinski definition) is 2. The summed E-state index contributed by atoms with van der Waals surface area (Å²) in [6.45, 7) is 0. The average Bonchev–Trinajstić information content (AvgIpc) is 3.43. The van der Waals surface area contributed by atoms with Gasteiger partial charge >= 0.3 is 0 Å². The third-order valence-corrected chi connectivity index (χ3v) is 5.47. The molecule has 0 unspecified atom stereocenters. The summed E-state index contributed by atoms with van der Waals surface area (Å²) >= 11 is 0. The lowest BCUT2D eigenvalue weighted by Crippen LogP contribution is -1.83. The summed E-state index contributed by atoms with van der Waals surface area (Å²) in [4.78, 5) is 12.3. The lowest BCUT2D eigenvalue weighted by atomic mass is 10.0. The topological polar surface area (TPSA) is 70.2 Å². The molecule has 0 amide bonds. The first-order chi connectivity index (χ1) is 15.3. The van der Waals surface area contributed by atoms with Crippen molar-refractivity contribution in [2.75, 3.05) is 0 Å². The minimum atomic E-state index is -0.254. The van der Waals surface area contributed by atoms with E-state index < -0.39 is 0 Å². The second-order valence-corrected chi connectivity index (χ2v) is 7.36. The Labute approximate surface area is 176 Å². The van der Waals surface area contributed by atoms with E-state index in [1.54, 1.807) is 24.5 Å². The predicted molar refractivity (Wildman–Crippen MR) is 120 cm³/mol. The average molecular weight is 405 g/mol. The fourth-order valence-corrected chi connectivity index (χ4v) is 3.95. The Morgan fingerprint density at radius 3 is 2.45 bits per heavy atom. The second-order valence-electron chi connectivity index (χ2n) is 7.36. The van der Waals surface area contributed by atoms with Gasteiger partial charge in [-0.05, 0) is 59.7 Å². The van der Waals surface area contributed by atoms with Crippen molar-refractivity contribution in [3.63, 3.8) is 0 Å². The summed E-state index contributed by atoms with van der Waals surface area (Å²) in [6, 6.07) is 22.5. The highest BCUT2D eigenvalue weighted by Gasteiger charge is 2.15. The summed E-state index contributed by atoms with van der Waals surface area (Å²) < 4.78 is 13.4. The normalized spacial score (nSPS) is 11.4. The van der Waals surface area contributed by atoms with Crippen LogP contribution in [0.4, 0.5) is 4.39 Å². The van der Waals surface area contributed by atoms with Gasteiger partial charge in [0.25, 0.3) is 0 Å². The smallest absolute Gasteiger partial charge is 0.138 e. The predicted octanol–water partition coefficient (Wildman–Crippen LogP) is 5.97. The van der Waals surface area contributed by atoms with Gasteiger partial charge in [0.15, 0.2) is 0 Å². The molecule has 4 heterocycles. The lowest BCUT2D eigenvalue weighted by molar-refractivity contribution is 0.628. The SMILES string of the molecule is Fc1ccc(-c2ccnc3[nH]c(-c4n[nH]c5ccc(-c6ccccn6)cc45)cc23)cc1. The van der Waals surface area contributed by atoms with Crippen molar-refractivity contribution in [1.82, 2.24) is 25.1 Å². The second kappa shape index (κ2) is 6.88. The number of aromatic nitrogens is 5. The van der Waals surface area contributed by atoms with Crippen LogP contribution in [0.2, 0.25) is 0 Å². The number of nitrogens with one attached hydrogen (secondary N) is 2. The molecule has 0 spiro atoms. The Morgan fingerprint density at radius 2 is 1.61 bits per heavy atom. The Kier molecular flexibility index (Phi) is 3.89. The number of rotatable bonds is 3. The third-order valence-electron chi connectivity index (χ3n) is 5.47. The van der Waals surface area contributed by atoms with Crippen LogP contribution in [0.5, 0.6) is 0 Å². The maximum atomic E-state index is 13.4. The van der Waals surface area contributed by atoms with Crippen molar-refractivity contribution in [2.45, 2.75) is 0 Å². The molecule has 0 aliphatic rings. The van der Waals surface area contributed by atoms with Gasteiger partial charge in [-0.2, -0.15) is 5.10 Å². The quantitative estimate of drug-likeness (QED) is 0.381. The number of benzene rings is 2. The van der Waals surface area contributed by atoms with Crippen molar-refractivity contribution in [2.24, 2.45) is 0 Å². The molecule has 6 rings (SSSR count). The largest absolute Gasteiger partial charge is 0.338 e. The molecule has 0 aliphatic heterocycles. The molecule has 6 aromatic rings. The van der Waals surface area contributed by atoms with Gasteiger partial charge in [-0.15, -0.1) is 0 Å². The Morgan fingerprint density at radius 1 is 0.742 bits per heavy atom. The zero-order valence-corrected chi connectivity index (χ0v) is 16.3. The van der Waals surface area contributed by atoms with Crippen molar-refractivity contribution in [1.29, 1.82) is 0 Å². The molecule has 5 nitrogen and oxygen atoms in total. The number of fused-ring (bicyclic) bond motifs is 2. The molecule has 0 bridgehead atoms. The van der Waals surface area contributed by atoms with E-state index in [1.807, 2.05) is 42.5 Å². The molecule has 0 radical (unpaired) electrons. The molecule has 31 heavy (non-hydrogen) atoms. The molecular weight excluding hydrogens is 389 g/mol. The Balaban J connectivity index is 1.51. The van der Waals surface area contributed by atoms with Crippen LogP contribution in [0.3, 0.4) is 0 Å². The summed E-state index contributed by atoms with van der Waals surface area (Å²) in [5.74, 6) is -0.254. The summed E-state index contributed by atoms with van der Waals surface area (Å²) in [6.07, 6.45) is 3.54. The van der Waals surface area contributed by atoms with Crippen molar-refractivity contribution in [3.05, 3.63) is 91.0 Å². The minimum absolute atomic E-state index is 0.254. The first kappa shape index (κ1) is 17.5. The summed E-state index contributed by atoms with van der Waals surface area (Å²) in [5.41, 5.74) is 7.24. The maximum absolute atomic E-state index is 13.4. The highest BCUT2D eigenvalue weighted by Crippen LogP contribution is 2.34. The van der Waals surface area contributed by atoms with E-state index in [0.29, 0.717) is 0 Å². The number of halogens is 1. The highest BCUT2D eigenvalue weighted by atomic mass is 19.1. The third kappa shape index (κ3) is 2.97. The van der Waals surface area contributed by atoms with Crippen LogP contribution < -0.4 is 0 Å². The molecule has 6 heteroatoms. The van der Waals surface area contributed by atoms with Crippen LogP contribution in [0, 0.1) is 5.82 Å². The van der Waals surface area contributed by atoms with Crippen molar-refractivity contribution < 1.29 is 4.39 Å². The van der Waals surface area contributed by atoms with Gasteiger partial charge in [0.05, 0.1) is 16.9 Å². The first-order valence-corrected chi connectivity index (χ1v) is 9.90.